The SMILES string of the molecule is COc1ccc(C(=O)OCC(=O)Nc2cccc(C)c2)c(F)c1. The molecule has 0 saturated heterocycles. The summed E-state index contributed by atoms with van der Waals surface area (Å²) in [7, 11) is 1.39. The van der Waals surface area contributed by atoms with Crippen LogP contribution in [0.15, 0.2) is 42.5 Å². The van der Waals surface area contributed by atoms with E-state index in [-0.39, 0.29) is 11.3 Å². The molecule has 0 atom stereocenters. The van der Waals surface area contributed by atoms with E-state index in [2.05, 4.69) is 5.32 Å². The van der Waals surface area contributed by atoms with Crippen LogP contribution in [-0.4, -0.2) is 25.6 Å². The number of esters is 1. The molecule has 0 heterocycles. The molecule has 0 aromatic heterocycles. The number of aryl methyl sites for hydroxylation is 1. The molecule has 0 spiro atoms. The number of methoxy groups -OCH3 is 1. The van der Waals surface area contributed by atoms with Crippen molar-refractivity contribution in [1.29, 1.82) is 0 Å². The Hall–Kier alpha value is -2.89. The molecular formula is C17H16FNO4. The van der Waals surface area contributed by atoms with E-state index in [1.54, 1.807) is 18.2 Å². The summed E-state index contributed by atoms with van der Waals surface area (Å²) in [6.07, 6.45) is 0. The van der Waals surface area contributed by atoms with Crippen molar-refractivity contribution in [3.8, 4) is 5.75 Å². The Labute approximate surface area is 133 Å². The minimum atomic E-state index is -0.912. The van der Waals surface area contributed by atoms with Crippen LogP contribution >= 0.6 is 0 Å². The lowest BCUT2D eigenvalue weighted by Crippen LogP contribution is -2.21. The molecule has 0 saturated carbocycles. The number of halogens is 1. The highest BCUT2D eigenvalue weighted by Gasteiger charge is 2.15. The number of benzene rings is 2. The number of ether oxygens (including phenoxy) is 2. The third-order valence-electron chi connectivity index (χ3n) is 3.03. The Morgan fingerprint density at radius 1 is 1.17 bits per heavy atom. The maximum absolute atomic E-state index is 13.7. The van der Waals surface area contributed by atoms with Crippen LogP contribution in [0.5, 0.6) is 5.75 Å². The van der Waals surface area contributed by atoms with E-state index in [0.717, 1.165) is 11.6 Å². The second kappa shape index (κ2) is 7.40. The van der Waals surface area contributed by atoms with E-state index in [0.29, 0.717) is 5.69 Å². The molecule has 1 amide bonds. The summed E-state index contributed by atoms with van der Waals surface area (Å²) in [5.74, 6) is -1.90. The number of carbonyl (C=O) groups is 2. The Morgan fingerprint density at radius 3 is 2.61 bits per heavy atom. The topological polar surface area (TPSA) is 64.6 Å². The molecular weight excluding hydrogens is 301 g/mol. The largest absolute Gasteiger partial charge is 0.497 e. The highest BCUT2D eigenvalue weighted by molar-refractivity contribution is 5.95. The van der Waals surface area contributed by atoms with E-state index in [1.165, 1.54) is 19.2 Å². The van der Waals surface area contributed by atoms with Gasteiger partial charge in [-0.15, -0.1) is 0 Å². The van der Waals surface area contributed by atoms with E-state index < -0.39 is 24.3 Å². The normalized spacial score (nSPS) is 10.0. The average Bonchev–Trinajstić information content (AvgIpc) is 2.52. The van der Waals surface area contributed by atoms with Gasteiger partial charge in [-0.05, 0) is 36.8 Å². The van der Waals surface area contributed by atoms with E-state index in [9.17, 15) is 14.0 Å². The zero-order valence-corrected chi connectivity index (χ0v) is 12.8. The molecule has 0 fully saturated rings. The van der Waals surface area contributed by atoms with Gasteiger partial charge in [0.25, 0.3) is 5.91 Å². The molecule has 0 bridgehead atoms. The minimum Gasteiger partial charge on any atom is -0.497 e. The fraction of sp³-hybridized carbons (Fsp3) is 0.176. The van der Waals surface area contributed by atoms with Gasteiger partial charge in [-0.3, -0.25) is 4.79 Å². The first kappa shape index (κ1) is 16.5. The van der Waals surface area contributed by atoms with Crippen molar-refractivity contribution in [3.63, 3.8) is 0 Å². The number of nitrogens with one attached hydrogen (secondary N) is 1. The van der Waals surface area contributed by atoms with Crippen LogP contribution in [-0.2, 0) is 9.53 Å². The molecule has 0 aliphatic carbocycles. The second-order valence-electron chi connectivity index (χ2n) is 4.84. The highest BCUT2D eigenvalue weighted by Crippen LogP contribution is 2.17. The molecule has 5 nitrogen and oxygen atoms in total. The van der Waals surface area contributed by atoms with Crippen molar-refractivity contribution in [2.75, 3.05) is 19.0 Å². The Balaban J connectivity index is 1.92. The van der Waals surface area contributed by atoms with Crippen LogP contribution in [0.4, 0.5) is 10.1 Å². The number of rotatable bonds is 5. The lowest BCUT2D eigenvalue weighted by Gasteiger charge is -2.08. The van der Waals surface area contributed by atoms with E-state index >= 15 is 0 Å². The standard InChI is InChI=1S/C17H16FNO4/c1-11-4-3-5-12(8-11)19-16(20)10-23-17(21)14-7-6-13(22-2)9-15(14)18/h3-9H,10H2,1-2H3,(H,19,20). The van der Waals surface area contributed by atoms with Crippen molar-refractivity contribution in [3.05, 3.63) is 59.4 Å². The first-order chi connectivity index (χ1) is 11.0. The average molecular weight is 317 g/mol. The lowest BCUT2D eigenvalue weighted by atomic mass is 10.2. The number of anilines is 1. The molecule has 0 unspecified atom stereocenters. The van der Waals surface area contributed by atoms with E-state index in [4.69, 9.17) is 9.47 Å². The molecule has 0 radical (unpaired) electrons. The number of hydrogen-bond acceptors (Lipinski definition) is 4. The quantitative estimate of drug-likeness (QED) is 0.861. The van der Waals surface area contributed by atoms with Gasteiger partial charge in [-0.2, -0.15) is 0 Å². The molecule has 2 aromatic carbocycles. The number of hydrogen-bond donors (Lipinski definition) is 1. The number of carbonyl (C=O) groups excluding carboxylic acids is 2. The summed E-state index contributed by atoms with van der Waals surface area (Å²) in [5, 5.41) is 2.59. The zero-order chi connectivity index (χ0) is 16.8. The molecule has 1 N–H and O–H groups in total. The van der Waals surface area contributed by atoms with Crippen LogP contribution in [0.25, 0.3) is 0 Å². The first-order valence-corrected chi connectivity index (χ1v) is 6.87. The zero-order valence-electron chi connectivity index (χ0n) is 12.8. The lowest BCUT2D eigenvalue weighted by molar-refractivity contribution is -0.119. The fourth-order valence-corrected chi connectivity index (χ4v) is 1.92. The van der Waals surface area contributed by atoms with Crippen LogP contribution in [0.2, 0.25) is 0 Å². The Bertz CT molecular complexity index is 730. The predicted octanol–water partition coefficient (Wildman–Crippen LogP) is 2.94. The maximum atomic E-state index is 13.7. The fourth-order valence-electron chi connectivity index (χ4n) is 1.92. The first-order valence-electron chi connectivity index (χ1n) is 6.87. The number of amides is 1. The van der Waals surface area contributed by atoms with Gasteiger partial charge in [0.1, 0.15) is 11.6 Å². The van der Waals surface area contributed by atoms with Crippen LogP contribution in [0.3, 0.4) is 0 Å². The third-order valence-corrected chi connectivity index (χ3v) is 3.03. The molecule has 2 rings (SSSR count). The minimum absolute atomic E-state index is 0.255. The van der Waals surface area contributed by atoms with Crippen molar-refractivity contribution >= 4 is 17.6 Å². The summed E-state index contributed by atoms with van der Waals surface area (Å²) in [4.78, 5) is 23.5. The van der Waals surface area contributed by atoms with Gasteiger partial charge in [0, 0.05) is 11.8 Å². The molecule has 0 aliphatic rings. The van der Waals surface area contributed by atoms with Crippen molar-refractivity contribution in [2.24, 2.45) is 0 Å². The summed E-state index contributed by atoms with van der Waals surface area (Å²) in [6.45, 7) is 1.39. The van der Waals surface area contributed by atoms with Gasteiger partial charge in [0.15, 0.2) is 6.61 Å². The maximum Gasteiger partial charge on any atom is 0.341 e. The molecule has 0 aliphatic heterocycles. The van der Waals surface area contributed by atoms with Crippen LogP contribution in [0, 0.1) is 12.7 Å². The van der Waals surface area contributed by atoms with Crippen LogP contribution < -0.4 is 10.1 Å². The van der Waals surface area contributed by atoms with Crippen molar-refractivity contribution in [2.45, 2.75) is 6.92 Å². The van der Waals surface area contributed by atoms with Crippen molar-refractivity contribution < 1.29 is 23.5 Å². The Kier molecular flexibility index (Phi) is 5.30. The predicted molar refractivity (Wildman–Crippen MR) is 83.0 cm³/mol. The van der Waals surface area contributed by atoms with E-state index in [1.807, 2.05) is 13.0 Å². The summed E-state index contributed by atoms with van der Waals surface area (Å²) in [6, 6.07) is 10.9. The second-order valence-corrected chi connectivity index (χ2v) is 4.84. The van der Waals surface area contributed by atoms with Gasteiger partial charge in [-0.25, -0.2) is 9.18 Å². The smallest absolute Gasteiger partial charge is 0.341 e. The van der Waals surface area contributed by atoms with Crippen LogP contribution in [0.1, 0.15) is 15.9 Å². The van der Waals surface area contributed by atoms with Crippen molar-refractivity contribution in [1.82, 2.24) is 0 Å². The van der Waals surface area contributed by atoms with Gasteiger partial charge in [0.05, 0.1) is 12.7 Å². The molecule has 2 aromatic rings. The van der Waals surface area contributed by atoms with Gasteiger partial charge < -0.3 is 14.8 Å². The third kappa shape index (κ3) is 4.54. The van der Waals surface area contributed by atoms with Gasteiger partial charge in [-0.1, -0.05) is 12.1 Å². The molecule has 6 heteroatoms. The monoisotopic (exact) mass is 317 g/mol. The highest BCUT2D eigenvalue weighted by atomic mass is 19.1. The summed E-state index contributed by atoms with van der Waals surface area (Å²) < 4.78 is 23.4. The molecule has 23 heavy (non-hydrogen) atoms. The summed E-state index contributed by atoms with van der Waals surface area (Å²) in [5.41, 5.74) is 1.33. The van der Waals surface area contributed by atoms with Gasteiger partial charge in [0.2, 0.25) is 0 Å². The molecule has 120 valence electrons. The van der Waals surface area contributed by atoms with Gasteiger partial charge >= 0.3 is 5.97 Å². The summed E-state index contributed by atoms with van der Waals surface area (Å²) >= 11 is 0. The Morgan fingerprint density at radius 2 is 1.96 bits per heavy atom.